The number of rotatable bonds is 4. The first kappa shape index (κ1) is 10.4. The minimum Gasteiger partial charge on any atom is -0.307 e. The molecule has 1 fully saturated rings. The SMILES string of the molecule is O=C(CNC1CC1)c1cnc2ccccc2c1. The molecule has 0 atom stereocenters. The Balaban J connectivity index is 1.81. The zero-order valence-corrected chi connectivity index (χ0v) is 9.52. The molecule has 1 aromatic carbocycles. The molecule has 0 radical (unpaired) electrons. The van der Waals surface area contributed by atoms with Gasteiger partial charge in [-0.15, -0.1) is 0 Å². The van der Waals surface area contributed by atoms with Gasteiger partial charge in [-0.2, -0.15) is 0 Å². The van der Waals surface area contributed by atoms with Crippen molar-refractivity contribution in [2.75, 3.05) is 6.54 Å². The monoisotopic (exact) mass is 226 g/mol. The Kier molecular flexibility index (Phi) is 2.61. The highest BCUT2D eigenvalue weighted by Gasteiger charge is 2.21. The molecule has 0 bridgehead atoms. The minimum absolute atomic E-state index is 0.121. The number of nitrogens with zero attached hydrogens (tertiary/aromatic N) is 1. The van der Waals surface area contributed by atoms with Gasteiger partial charge in [0.15, 0.2) is 5.78 Å². The largest absolute Gasteiger partial charge is 0.307 e. The Morgan fingerprint density at radius 3 is 3.00 bits per heavy atom. The van der Waals surface area contributed by atoms with Crippen LogP contribution >= 0.6 is 0 Å². The summed E-state index contributed by atoms with van der Waals surface area (Å²) in [5, 5.41) is 4.24. The van der Waals surface area contributed by atoms with Gasteiger partial charge in [0.2, 0.25) is 0 Å². The van der Waals surface area contributed by atoms with Gasteiger partial charge in [-0.1, -0.05) is 18.2 Å². The van der Waals surface area contributed by atoms with Crippen LogP contribution in [-0.2, 0) is 0 Å². The van der Waals surface area contributed by atoms with Gasteiger partial charge >= 0.3 is 0 Å². The molecule has 1 aliphatic carbocycles. The van der Waals surface area contributed by atoms with Crippen molar-refractivity contribution >= 4 is 16.7 Å². The summed E-state index contributed by atoms with van der Waals surface area (Å²) in [5.41, 5.74) is 1.62. The van der Waals surface area contributed by atoms with Crippen LogP contribution in [0.5, 0.6) is 0 Å². The Bertz CT molecular complexity index is 561. The fourth-order valence-corrected chi connectivity index (χ4v) is 1.85. The molecule has 1 heterocycles. The smallest absolute Gasteiger partial charge is 0.178 e. The third-order valence-corrected chi connectivity index (χ3v) is 3.04. The summed E-state index contributed by atoms with van der Waals surface area (Å²) >= 11 is 0. The number of Topliss-reactive ketones (excluding diaryl/α,β-unsaturated/α-hetero) is 1. The molecule has 17 heavy (non-hydrogen) atoms. The maximum atomic E-state index is 11.9. The van der Waals surface area contributed by atoms with E-state index in [-0.39, 0.29) is 5.78 Å². The number of hydrogen-bond acceptors (Lipinski definition) is 3. The molecule has 86 valence electrons. The van der Waals surface area contributed by atoms with Crippen LogP contribution in [0.25, 0.3) is 10.9 Å². The molecule has 2 aromatic rings. The summed E-state index contributed by atoms with van der Waals surface area (Å²) in [5.74, 6) is 0.121. The first-order valence-corrected chi connectivity index (χ1v) is 5.94. The van der Waals surface area contributed by atoms with Crippen molar-refractivity contribution < 1.29 is 4.79 Å². The fraction of sp³-hybridized carbons (Fsp3) is 0.286. The molecular weight excluding hydrogens is 212 g/mol. The standard InChI is InChI=1S/C14H14N2O/c17-14(9-15-12-5-6-12)11-7-10-3-1-2-4-13(10)16-8-11/h1-4,7-8,12,15H,5-6,9H2. The van der Waals surface area contributed by atoms with Crippen LogP contribution in [0.2, 0.25) is 0 Å². The Morgan fingerprint density at radius 1 is 1.35 bits per heavy atom. The number of nitrogens with one attached hydrogen (secondary N) is 1. The summed E-state index contributed by atoms with van der Waals surface area (Å²) in [7, 11) is 0. The van der Waals surface area contributed by atoms with E-state index >= 15 is 0 Å². The zero-order valence-electron chi connectivity index (χ0n) is 9.52. The lowest BCUT2D eigenvalue weighted by Gasteiger charge is -2.03. The van der Waals surface area contributed by atoms with Gasteiger partial charge in [0, 0.05) is 23.2 Å². The lowest BCUT2D eigenvalue weighted by Crippen LogP contribution is -2.24. The van der Waals surface area contributed by atoms with Crippen molar-refractivity contribution in [2.24, 2.45) is 0 Å². The van der Waals surface area contributed by atoms with Crippen molar-refractivity contribution in [2.45, 2.75) is 18.9 Å². The zero-order chi connectivity index (χ0) is 11.7. The van der Waals surface area contributed by atoms with Crippen molar-refractivity contribution in [3.8, 4) is 0 Å². The van der Waals surface area contributed by atoms with Crippen LogP contribution in [0.4, 0.5) is 0 Å². The van der Waals surface area contributed by atoms with Crippen LogP contribution in [0, 0.1) is 0 Å². The summed E-state index contributed by atoms with van der Waals surface area (Å²) in [6.45, 7) is 0.421. The Hall–Kier alpha value is -1.74. The number of fused-ring (bicyclic) bond motifs is 1. The highest BCUT2D eigenvalue weighted by Crippen LogP contribution is 2.18. The molecule has 0 spiro atoms. The molecule has 0 aliphatic heterocycles. The van der Waals surface area contributed by atoms with Crippen molar-refractivity contribution in [1.29, 1.82) is 0 Å². The Morgan fingerprint density at radius 2 is 2.18 bits per heavy atom. The number of hydrogen-bond donors (Lipinski definition) is 1. The normalized spacial score (nSPS) is 15.1. The van der Waals surface area contributed by atoms with Crippen LogP contribution < -0.4 is 5.32 Å². The van der Waals surface area contributed by atoms with Gasteiger partial charge in [-0.05, 0) is 25.0 Å². The number of aromatic nitrogens is 1. The third-order valence-electron chi connectivity index (χ3n) is 3.04. The molecule has 3 rings (SSSR count). The van der Waals surface area contributed by atoms with E-state index in [1.165, 1.54) is 12.8 Å². The number of ketones is 1. The average Bonchev–Trinajstić information content (AvgIpc) is 3.19. The molecule has 1 aromatic heterocycles. The van der Waals surface area contributed by atoms with E-state index in [2.05, 4.69) is 10.3 Å². The lowest BCUT2D eigenvalue weighted by atomic mass is 10.1. The number of carbonyl (C=O) groups is 1. The highest BCUT2D eigenvalue weighted by molar-refractivity contribution is 6.00. The molecule has 0 amide bonds. The predicted octanol–water partition coefficient (Wildman–Crippen LogP) is 2.17. The van der Waals surface area contributed by atoms with E-state index in [0.717, 1.165) is 10.9 Å². The number of pyridine rings is 1. The van der Waals surface area contributed by atoms with Gasteiger partial charge in [-0.25, -0.2) is 0 Å². The third kappa shape index (κ3) is 2.34. The molecule has 3 heteroatoms. The minimum atomic E-state index is 0.121. The fourth-order valence-electron chi connectivity index (χ4n) is 1.85. The maximum absolute atomic E-state index is 11.9. The quantitative estimate of drug-likeness (QED) is 0.812. The van der Waals surface area contributed by atoms with Crippen LogP contribution in [0.15, 0.2) is 36.5 Å². The van der Waals surface area contributed by atoms with Gasteiger partial charge in [0.05, 0.1) is 12.1 Å². The summed E-state index contributed by atoms with van der Waals surface area (Å²) in [6.07, 6.45) is 4.06. The number of benzene rings is 1. The van der Waals surface area contributed by atoms with Gasteiger partial charge in [0.25, 0.3) is 0 Å². The maximum Gasteiger partial charge on any atom is 0.178 e. The molecular formula is C14H14N2O. The molecule has 1 saturated carbocycles. The molecule has 1 N–H and O–H groups in total. The van der Waals surface area contributed by atoms with E-state index in [9.17, 15) is 4.79 Å². The Labute approximate surface area is 99.9 Å². The first-order valence-electron chi connectivity index (χ1n) is 5.94. The second-order valence-electron chi connectivity index (χ2n) is 4.50. The van der Waals surface area contributed by atoms with E-state index in [0.29, 0.717) is 18.2 Å². The van der Waals surface area contributed by atoms with Gasteiger partial charge in [-0.3, -0.25) is 9.78 Å². The van der Waals surface area contributed by atoms with E-state index in [4.69, 9.17) is 0 Å². The number of carbonyl (C=O) groups excluding carboxylic acids is 1. The van der Waals surface area contributed by atoms with Gasteiger partial charge < -0.3 is 5.32 Å². The second kappa shape index (κ2) is 4.26. The molecule has 1 aliphatic rings. The van der Waals surface area contributed by atoms with Crippen LogP contribution in [0.3, 0.4) is 0 Å². The first-order chi connectivity index (χ1) is 8.33. The van der Waals surface area contributed by atoms with Crippen LogP contribution in [0.1, 0.15) is 23.2 Å². The summed E-state index contributed by atoms with van der Waals surface area (Å²) < 4.78 is 0. The van der Waals surface area contributed by atoms with Crippen LogP contribution in [-0.4, -0.2) is 23.4 Å². The average molecular weight is 226 g/mol. The van der Waals surface area contributed by atoms with E-state index < -0.39 is 0 Å². The van der Waals surface area contributed by atoms with Crippen molar-refractivity contribution in [1.82, 2.24) is 10.3 Å². The highest BCUT2D eigenvalue weighted by atomic mass is 16.1. The summed E-state index contributed by atoms with van der Waals surface area (Å²) in [6, 6.07) is 10.3. The second-order valence-corrected chi connectivity index (χ2v) is 4.50. The van der Waals surface area contributed by atoms with E-state index in [1.54, 1.807) is 6.20 Å². The number of para-hydroxylation sites is 1. The lowest BCUT2D eigenvalue weighted by molar-refractivity contribution is 0.0990. The van der Waals surface area contributed by atoms with Crippen molar-refractivity contribution in [3.63, 3.8) is 0 Å². The molecule has 0 saturated heterocycles. The topological polar surface area (TPSA) is 42.0 Å². The molecule has 3 nitrogen and oxygen atoms in total. The summed E-state index contributed by atoms with van der Waals surface area (Å²) in [4.78, 5) is 16.2. The van der Waals surface area contributed by atoms with E-state index in [1.807, 2.05) is 30.3 Å². The predicted molar refractivity (Wildman–Crippen MR) is 67.1 cm³/mol. The molecule has 0 unspecified atom stereocenters. The van der Waals surface area contributed by atoms with Gasteiger partial charge in [0.1, 0.15) is 0 Å². The van der Waals surface area contributed by atoms with Crippen molar-refractivity contribution in [3.05, 3.63) is 42.1 Å².